The van der Waals surface area contributed by atoms with Gasteiger partial charge in [0, 0.05) is 12.1 Å². The lowest BCUT2D eigenvalue weighted by atomic mass is 10.1. The number of aliphatic hydroxyl groups excluding tert-OH is 1. The topological polar surface area (TPSA) is 58.6 Å². The predicted molar refractivity (Wildman–Crippen MR) is 54.3 cm³/mol. The monoisotopic (exact) mass is 207 g/mol. The van der Waals surface area contributed by atoms with Gasteiger partial charge in [0.25, 0.3) is 0 Å². The normalized spacial score (nSPS) is 20.9. The van der Waals surface area contributed by atoms with Crippen molar-refractivity contribution in [2.24, 2.45) is 0 Å². The zero-order valence-corrected chi connectivity index (χ0v) is 8.43. The highest BCUT2D eigenvalue weighted by Gasteiger charge is 2.29. The number of fused-ring (bicyclic) bond motifs is 1. The Morgan fingerprint density at radius 1 is 1.53 bits per heavy atom. The first-order chi connectivity index (χ1) is 7.18. The minimum atomic E-state index is -0.462. The number of rotatable bonds is 3. The molecule has 2 unspecified atom stereocenters. The van der Waals surface area contributed by atoms with Gasteiger partial charge in [-0.1, -0.05) is 18.2 Å². The maximum absolute atomic E-state index is 11.4. The third-order valence-corrected chi connectivity index (χ3v) is 2.29. The molecule has 0 radical (unpaired) electrons. The van der Waals surface area contributed by atoms with Crippen molar-refractivity contribution in [3.63, 3.8) is 0 Å². The molecule has 0 aromatic heterocycles. The van der Waals surface area contributed by atoms with Gasteiger partial charge in [-0.15, -0.1) is 0 Å². The zero-order chi connectivity index (χ0) is 10.8. The van der Waals surface area contributed by atoms with Crippen molar-refractivity contribution >= 4 is 5.97 Å². The van der Waals surface area contributed by atoms with E-state index in [4.69, 9.17) is 9.84 Å². The molecular weight excluding hydrogens is 194 g/mol. The maximum atomic E-state index is 11.4. The number of hydrogen-bond donors (Lipinski definition) is 2. The Bertz CT molecular complexity index is 376. The molecule has 1 aromatic carbocycles. The van der Waals surface area contributed by atoms with Gasteiger partial charge in [0.2, 0.25) is 0 Å². The number of benzene rings is 1. The first-order valence-electron chi connectivity index (χ1n) is 4.90. The van der Waals surface area contributed by atoms with Crippen LogP contribution in [-0.2, 0) is 4.74 Å². The maximum Gasteiger partial charge on any atom is 0.340 e. The molecule has 0 aliphatic carbocycles. The number of carbonyl (C=O) groups is 1. The summed E-state index contributed by atoms with van der Waals surface area (Å²) in [4.78, 5) is 11.4. The van der Waals surface area contributed by atoms with Crippen LogP contribution in [0, 0.1) is 0 Å². The summed E-state index contributed by atoms with van der Waals surface area (Å²) < 4.78 is 5.12. The Morgan fingerprint density at radius 2 is 2.27 bits per heavy atom. The van der Waals surface area contributed by atoms with E-state index >= 15 is 0 Å². The van der Waals surface area contributed by atoms with Crippen LogP contribution in [0.5, 0.6) is 0 Å². The molecule has 0 spiro atoms. The summed E-state index contributed by atoms with van der Waals surface area (Å²) in [5.74, 6) is -0.311. The summed E-state index contributed by atoms with van der Waals surface area (Å²) in [5, 5.41) is 12.1. The second-order valence-corrected chi connectivity index (χ2v) is 3.63. The Morgan fingerprint density at radius 3 is 3.00 bits per heavy atom. The fraction of sp³-hybridized carbons (Fsp3) is 0.364. The predicted octanol–water partition coefficient (Wildman–Crippen LogP) is 0.826. The van der Waals surface area contributed by atoms with Crippen molar-refractivity contribution < 1.29 is 14.6 Å². The van der Waals surface area contributed by atoms with E-state index in [1.807, 2.05) is 12.1 Å². The smallest absolute Gasteiger partial charge is 0.340 e. The van der Waals surface area contributed by atoms with Crippen LogP contribution in [-0.4, -0.2) is 23.7 Å². The number of nitrogens with one attached hydrogen (secondary N) is 1. The lowest BCUT2D eigenvalue weighted by Gasteiger charge is -2.13. The van der Waals surface area contributed by atoms with Crippen LogP contribution in [0.4, 0.5) is 0 Å². The summed E-state index contributed by atoms with van der Waals surface area (Å²) in [5.41, 5.74) is 1.43. The zero-order valence-electron chi connectivity index (χ0n) is 8.43. The third-order valence-electron chi connectivity index (χ3n) is 2.29. The van der Waals surface area contributed by atoms with Crippen molar-refractivity contribution in [1.29, 1.82) is 0 Å². The van der Waals surface area contributed by atoms with Gasteiger partial charge in [-0.2, -0.15) is 0 Å². The number of aliphatic hydroxyl groups is 1. The standard InChI is InChI=1S/C11H13NO3/c1-7(13)6-12-10-8-4-2-3-5-9(8)11(14)15-10/h2-5,7,10,12-13H,6H2,1H3. The van der Waals surface area contributed by atoms with E-state index in [1.54, 1.807) is 19.1 Å². The van der Waals surface area contributed by atoms with Crippen LogP contribution in [0.15, 0.2) is 24.3 Å². The molecule has 2 N–H and O–H groups in total. The number of ether oxygens (including phenoxy) is 1. The first-order valence-corrected chi connectivity index (χ1v) is 4.90. The first kappa shape index (κ1) is 10.1. The van der Waals surface area contributed by atoms with Gasteiger partial charge in [0.1, 0.15) is 0 Å². The molecule has 15 heavy (non-hydrogen) atoms. The van der Waals surface area contributed by atoms with Crippen molar-refractivity contribution in [2.75, 3.05) is 6.54 Å². The average molecular weight is 207 g/mol. The molecule has 0 saturated carbocycles. The summed E-state index contributed by atoms with van der Waals surface area (Å²) in [7, 11) is 0. The SMILES string of the molecule is CC(O)CNC1OC(=O)c2ccccc21. The molecule has 2 atom stereocenters. The van der Waals surface area contributed by atoms with E-state index in [-0.39, 0.29) is 5.97 Å². The Hall–Kier alpha value is -1.39. The number of carbonyl (C=O) groups excluding carboxylic acids is 1. The second-order valence-electron chi connectivity index (χ2n) is 3.63. The van der Waals surface area contributed by atoms with E-state index in [2.05, 4.69) is 5.32 Å². The molecule has 4 nitrogen and oxygen atoms in total. The highest BCUT2D eigenvalue weighted by molar-refractivity contribution is 5.93. The van der Waals surface area contributed by atoms with Gasteiger partial charge in [0.05, 0.1) is 11.7 Å². The number of cyclic esters (lactones) is 1. The quantitative estimate of drug-likeness (QED) is 0.721. The van der Waals surface area contributed by atoms with Gasteiger partial charge in [-0.05, 0) is 13.0 Å². The van der Waals surface area contributed by atoms with Gasteiger partial charge < -0.3 is 9.84 Å². The minimum absolute atomic E-state index is 0.311. The van der Waals surface area contributed by atoms with Crippen molar-refractivity contribution in [1.82, 2.24) is 5.32 Å². The molecule has 80 valence electrons. The molecule has 1 aromatic rings. The summed E-state index contributed by atoms with van der Waals surface area (Å²) in [6, 6.07) is 7.25. The minimum Gasteiger partial charge on any atom is -0.439 e. The lowest BCUT2D eigenvalue weighted by Crippen LogP contribution is -2.28. The summed E-state index contributed by atoms with van der Waals surface area (Å²) >= 11 is 0. The molecule has 2 rings (SSSR count). The molecule has 0 amide bonds. The van der Waals surface area contributed by atoms with E-state index in [1.165, 1.54) is 0 Å². The van der Waals surface area contributed by atoms with Crippen LogP contribution < -0.4 is 5.32 Å². The van der Waals surface area contributed by atoms with Crippen molar-refractivity contribution in [2.45, 2.75) is 19.3 Å². The molecule has 1 heterocycles. The number of esters is 1. The van der Waals surface area contributed by atoms with Crippen LogP contribution >= 0.6 is 0 Å². The summed E-state index contributed by atoms with van der Waals surface area (Å²) in [6.07, 6.45) is -0.889. The van der Waals surface area contributed by atoms with E-state index < -0.39 is 12.3 Å². The van der Waals surface area contributed by atoms with Gasteiger partial charge in [0.15, 0.2) is 6.23 Å². The van der Waals surface area contributed by atoms with Crippen LogP contribution in [0.3, 0.4) is 0 Å². The molecule has 0 saturated heterocycles. The molecule has 1 aliphatic heterocycles. The van der Waals surface area contributed by atoms with Crippen molar-refractivity contribution in [3.05, 3.63) is 35.4 Å². The molecule has 0 fully saturated rings. The largest absolute Gasteiger partial charge is 0.439 e. The third kappa shape index (κ3) is 2.00. The summed E-state index contributed by atoms with van der Waals surface area (Å²) in [6.45, 7) is 2.07. The van der Waals surface area contributed by atoms with Crippen LogP contribution in [0.2, 0.25) is 0 Å². The highest BCUT2D eigenvalue weighted by atomic mass is 16.6. The second kappa shape index (κ2) is 4.00. The molecule has 0 bridgehead atoms. The Labute approximate surface area is 87.9 Å². The van der Waals surface area contributed by atoms with E-state index in [0.717, 1.165) is 5.56 Å². The molecule has 1 aliphatic rings. The van der Waals surface area contributed by atoms with Gasteiger partial charge >= 0.3 is 5.97 Å². The van der Waals surface area contributed by atoms with E-state index in [9.17, 15) is 4.79 Å². The van der Waals surface area contributed by atoms with Crippen LogP contribution in [0.1, 0.15) is 29.1 Å². The van der Waals surface area contributed by atoms with Gasteiger partial charge in [-0.25, -0.2) is 4.79 Å². The van der Waals surface area contributed by atoms with Crippen molar-refractivity contribution in [3.8, 4) is 0 Å². The Kier molecular flexibility index (Phi) is 2.70. The number of hydrogen-bond acceptors (Lipinski definition) is 4. The molecule has 4 heteroatoms. The Balaban J connectivity index is 2.14. The van der Waals surface area contributed by atoms with E-state index in [0.29, 0.717) is 12.1 Å². The molecular formula is C11H13NO3. The lowest BCUT2D eigenvalue weighted by molar-refractivity contribution is 0.0274. The van der Waals surface area contributed by atoms with Gasteiger partial charge in [-0.3, -0.25) is 5.32 Å². The highest BCUT2D eigenvalue weighted by Crippen LogP contribution is 2.27. The van der Waals surface area contributed by atoms with Crippen LogP contribution in [0.25, 0.3) is 0 Å². The average Bonchev–Trinajstić information content (AvgIpc) is 2.54. The fourth-order valence-corrected chi connectivity index (χ4v) is 1.57. The fourth-order valence-electron chi connectivity index (χ4n) is 1.57.